The van der Waals surface area contributed by atoms with E-state index in [2.05, 4.69) is 20.4 Å². The number of rotatable bonds is 6. The predicted octanol–water partition coefficient (Wildman–Crippen LogP) is 4.33. The zero-order valence-electron chi connectivity index (χ0n) is 23.6. The Morgan fingerprint density at radius 3 is 2.48 bits per heavy atom. The van der Waals surface area contributed by atoms with Crippen LogP contribution in [-0.2, 0) is 19.7 Å². The van der Waals surface area contributed by atoms with E-state index in [1.165, 1.54) is 6.07 Å². The van der Waals surface area contributed by atoms with Crippen LogP contribution in [0.5, 0.6) is 0 Å². The Kier molecular flexibility index (Phi) is 6.77. The number of benzene rings is 2. The van der Waals surface area contributed by atoms with Crippen molar-refractivity contribution >= 4 is 23.2 Å². The predicted molar refractivity (Wildman–Crippen MR) is 152 cm³/mol. The van der Waals surface area contributed by atoms with E-state index >= 15 is 8.78 Å². The lowest BCUT2D eigenvalue weighted by atomic mass is 9.84. The number of alkyl halides is 2. The number of anilines is 2. The minimum absolute atomic E-state index is 0.195. The molecule has 4 aliphatic heterocycles. The van der Waals surface area contributed by atoms with Crippen molar-refractivity contribution in [2.75, 3.05) is 49.5 Å². The summed E-state index contributed by atoms with van der Waals surface area (Å²) in [5, 5.41) is 5.45. The zero-order chi connectivity index (χ0) is 29.1. The second-order valence-corrected chi connectivity index (χ2v) is 12.9. The number of amides is 2. The van der Waals surface area contributed by atoms with Gasteiger partial charge in [0.1, 0.15) is 11.9 Å². The average Bonchev–Trinajstić information content (AvgIpc) is 3.24. The summed E-state index contributed by atoms with van der Waals surface area (Å²) in [5.41, 5.74) is 0.639. The molecular formula is C32H37F3N4O3. The molecule has 2 aromatic carbocycles. The maximum atomic E-state index is 15.4. The fourth-order valence-corrected chi connectivity index (χ4v) is 8.06. The molecule has 42 heavy (non-hydrogen) atoms. The summed E-state index contributed by atoms with van der Waals surface area (Å²) < 4.78 is 51.4. The maximum Gasteiger partial charge on any atom is 0.263 e. The van der Waals surface area contributed by atoms with Gasteiger partial charge in [0.05, 0.1) is 29.2 Å². The van der Waals surface area contributed by atoms with Crippen molar-refractivity contribution in [2.45, 2.75) is 61.5 Å². The molecule has 4 unspecified atom stereocenters. The number of likely N-dealkylation sites (tertiary alicyclic amines) is 1. The quantitative estimate of drug-likeness (QED) is 0.495. The van der Waals surface area contributed by atoms with Crippen LogP contribution in [0.15, 0.2) is 48.5 Å². The van der Waals surface area contributed by atoms with Gasteiger partial charge in [-0.15, -0.1) is 0 Å². The lowest BCUT2D eigenvalue weighted by molar-refractivity contribution is -0.133. The summed E-state index contributed by atoms with van der Waals surface area (Å²) in [6.07, 6.45) is 3.69. The molecule has 2 amide bonds. The first kappa shape index (κ1) is 27.7. The molecule has 5 fully saturated rings. The van der Waals surface area contributed by atoms with Crippen LogP contribution in [0.4, 0.5) is 24.5 Å². The number of para-hydroxylation sites is 1. The number of hydrogen-bond acceptors (Lipinski definition) is 6. The van der Waals surface area contributed by atoms with Crippen LogP contribution in [0.25, 0.3) is 0 Å². The molecule has 4 saturated heterocycles. The van der Waals surface area contributed by atoms with Gasteiger partial charge in [-0.05, 0) is 74.4 Å². The summed E-state index contributed by atoms with van der Waals surface area (Å²) in [5.74, 6) is -4.00. The van der Waals surface area contributed by atoms with E-state index in [1.54, 1.807) is 30.3 Å². The standard InChI is InChI=1S/C32H37F3N4O3/c33-24-3-1-2-4-26(24)39-15-11-30(12-16-39)17-21(20-42-30)18-38-14-13-31(27(19-38)32(31,34)35)22-5-7-23(8-6-22)36-25-9-10-28(40)37-29(25)41/h1-8,21,25,27,36H,9-20H2,(H,37,40,41). The van der Waals surface area contributed by atoms with Crippen molar-refractivity contribution in [3.63, 3.8) is 0 Å². The topological polar surface area (TPSA) is 73.9 Å². The molecule has 7 rings (SSSR count). The van der Waals surface area contributed by atoms with E-state index in [-0.39, 0.29) is 29.7 Å². The maximum absolute atomic E-state index is 15.4. The number of piperidine rings is 3. The van der Waals surface area contributed by atoms with Crippen molar-refractivity contribution in [2.24, 2.45) is 11.8 Å². The molecule has 4 heterocycles. The van der Waals surface area contributed by atoms with Crippen molar-refractivity contribution < 1.29 is 27.5 Å². The molecule has 1 aliphatic carbocycles. The average molecular weight is 583 g/mol. The number of imide groups is 1. The molecule has 1 spiro atoms. The van der Waals surface area contributed by atoms with Crippen LogP contribution < -0.4 is 15.5 Å². The molecule has 4 atom stereocenters. The monoisotopic (exact) mass is 582 g/mol. The van der Waals surface area contributed by atoms with Gasteiger partial charge in [0.2, 0.25) is 11.8 Å². The summed E-state index contributed by atoms with van der Waals surface area (Å²) in [7, 11) is 0. The number of halogens is 3. The minimum atomic E-state index is -2.76. The Morgan fingerprint density at radius 2 is 1.76 bits per heavy atom. The Bertz CT molecular complexity index is 1360. The van der Waals surface area contributed by atoms with E-state index < -0.39 is 23.3 Å². The van der Waals surface area contributed by atoms with E-state index in [9.17, 15) is 14.0 Å². The van der Waals surface area contributed by atoms with Crippen molar-refractivity contribution in [1.82, 2.24) is 10.2 Å². The number of nitrogens with one attached hydrogen (secondary N) is 2. The van der Waals surface area contributed by atoms with E-state index in [0.29, 0.717) is 55.4 Å². The highest BCUT2D eigenvalue weighted by molar-refractivity contribution is 6.01. The van der Waals surface area contributed by atoms with Gasteiger partial charge in [0, 0.05) is 38.3 Å². The molecule has 1 saturated carbocycles. The Balaban J connectivity index is 0.934. The van der Waals surface area contributed by atoms with Gasteiger partial charge in [0.15, 0.2) is 0 Å². The molecule has 0 bridgehead atoms. The van der Waals surface area contributed by atoms with Crippen LogP contribution in [0.3, 0.4) is 0 Å². The van der Waals surface area contributed by atoms with Gasteiger partial charge in [-0.3, -0.25) is 14.9 Å². The molecule has 7 nitrogen and oxygen atoms in total. The highest BCUT2D eigenvalue weighted by atomic mass is 19.3. The molecule has 0 aromatic heterocycles. The second-order valence-electron chi connectivity index (χ2n) is 12.9. The Hall–Kier alpha value is -3.11. The molecule has 10 heteroatoms. The molecule has 2 N–H and O–H groups in total. The molecular weight excluding hydrogens is 545 g/mol. The van der Waals surface area contributed by atoms with Gasteiger partial charge < -0.3 is 19.9 Å². The lowest BCUT2D eigenvalue weighted by Crippen LogP contribution is -2.47. The minimum Gasteiger partial charge on any atom is -0.375 e. The first-order valence-corrected chi connectivity index (χ1v) is 15.1. The van der Waals surface area contributed by atoms with E-state index in [0.717, 1.165) is 38.9 Å². The van der Waals surface area contributed by atoms with Gasteiger partial charge in [-0.2, -0.15) is 0 Å². The van der Waals surface area contributed by atoms with Crippen LogP contribution in [-0.4, -0.2) is 73.6 Å². The largest absolute Gasteiger partial charge is 0.375 e. The normalized spacial score (nSPS) is 32.0. The van der Waals surface area contributed by atoms with E-state index in [4.69, 9.17) is 4.74 Å². The van der Waals surface area contributed by atoms with Gasteiger partial charge in [0.25, 0.3) is 5.92 Å². The Morgan fingerprint density at radius 1 is 1.00 bits per heavy atom. The first-order chi connectivity index (χ1) is 20.2. The molecule has 5 aliphatic rings. The fourth-order valence-electron chi connectivity index (χ4n) is 8.06. The van der Waals surface area contributed by atoms with Crippen LogP contribution in [0, 0.1) is 17.7 Å². The second kappa shape index (κ2) is 10.3. The number of hydrogen-bond donors (Lipinski definition) is 2. The third-order valence-electron chi connectivity index (χ3n) is 10.5. The summed E-state index contributed by atoms with van der Waals surface area (Å²) >= 11 is 0. The number of nitrogens with zero attached hydrogens (tertiary/aromatic N) is 2. The zero-order valence-corrected chi connectivity index (χ0v) is 23.6. The SMILES string of the molecule is O=C1CCC(Nc2ccc(C34CCN(CC5COC6(CCN(c7ccccc7F)CC6)C5)CC3C4(F)F)cc2)C(=O)N1. The summed E-state index contributed by atoms with van der Waals surface area (Å²) in [6.45, 7) is 3.88. The lowest BCUT2D eigenvalue weighted by Gasteiger charge is -2.40. The summed E-state index contributed by atoms with van der Waals surface area (Å²) in [4.78, 5) is 27.8. The first-order valence-electron chi connectivity index (χ1n) is 15.1. The third-order valence-corrected chi connectivity index (χ3v) is 10.5. The van der Waals surface area contributed by atoms with Crippen molar-refractivity contribution in [1.29, 1.82) is 0 Å². The highest BCUT2D eigenvalue weighted by Crippen LogP contribution is 2.70. The summed E-state index contributed by atoms with van der Waals surface area (Å²) in [6, 6.07) is 13.4. The molecule has 0 radical (unpaired) electrons. The van der Waals surface area contributed by atoms with Crippen LogP contribution >= 0.6 is 0 Å². The van der Waals surface area contributed by atoms with Crippen LogP contribution in [0.2, 0.25) is 0 Å². The number of carbonyl (C=O) groups is 2. The van der Waals surface area contributed by atoms with Crippen molar-refractivity contribution in [3.8, 4) is 0 Å². The Labute approximate surface area is 243 Å². The van der Waals surface area contributed by atoms with Crippen LogP contribution in [0.1, 0.15) is 44.1 Å². The number of ether oxygens (including phenoxy) is 1. The van der Waals surface area contributed by atoms with Gasteiger partial charge >= 0.3 is 0 Å². The molecule has 2 aromatic rings. The number of fused-ring (bicyclic) bond motifs is 1. The fraction of sp³-hybridized carbons (Fsp3) is 0.562. The number of carbonyl (C=O) groups excluding carboxylic acids is 2. The smallest absolute Gasteiger partial charge is 0.263 e. The van der Waals surface area contributed by atoms with E-state index in [1.807, 2.05) is 12.1 Å². The van der Waals surface area contributed by atoms with Gasteiger partial charge in [-0.25, -0.2) is 13.2 Å². The third kappa shape index (κ3) is 4.67. The van der Waals surface area contributed by atoms with Crippen molar-refractivity contribution in [3.05, 3.63) is 59.9 Å². The molecule has 224 valence electrons. The van der Waals surface area contributed by atoms with Gasteiger partial charge in [-0.1, -0.05) is 24.3 Å². The highest BCUT2D eigenvalue weighted by Gasteiger charge is 2.81.